The van der Waals surface area contributed by atoms with E-state index in [-0.39, 0.29) is 25.5 Å². The average Bonchev–Trinajstić information content (AvgIpc) is 2.51. The fourth-order valence-electron chi connectivity index (χ4n) is 1.94. The molecule has 0 spiro atoms. The number of aliphatic carboxylic acids is 1. The number of para-hydroxylation sites is 1. The molecule has 0 radical (unpaired) electrons. The van der Waals surface area contributed by atoms with Crippen LogP contribution in [0.5, 0.6) is 5.75 Å². The van der Waals surface area contributed by atoms with Gasteiger partial charge in [0.2, 0.25) is 0 Å². The lowest BCUT2D eigenvalue weighted by Crippen LogP contribution is -2.46. The van der Waals surface area contributed by atoms with Crippen molar-refractivity contribution < 1.29 is 33.0 Å². The van der Waals surface area contributed by atoms with Crippen molar-refractivity contribution in [3.63, 3.8) is 0 Å². The monoisotopic (exact) mass is 331 g/mol. The third kappa shape index (κ3) is 4.88. The Kier molecular flexibility index (Phi) is 6.89. The van der Waals surface area contributed by atoms with E-state index in [1.807, 2.05) is 0 Å². The molecule has 6 nitrogen and oxygen atoms in total. The fourth-order valence-corrected chi connectivity index (χ4v) is 1.94. The van der Waals surface area contributed by atoms with Crippen LogP contribution in [-0.4, -0.2) is 55.3 Å². The Morgan fingerprint density at radius 1 is 1.30 bits per heavy atom. The number of nitrogens with zero attached hydrogens (tertiary/aromatic N) is 1. The largest absolute Gasteiger partial charge is 0.493 e. The van der Waals surface area contributed by atoms with Crippen LogP contribution in [0.4, 0.5) is 8.78 Å². The molecule has 0 aromatic heterocycles. The van der Waals surface area contributed by atoms with Gasteiger partial charge in [0.05, 0.1) is 18.8 Å². The SMILES string of the molecule is CCOc1ccccc1C(F)(F)C(=O)N(CCOC)CC(=O)O. The molecule has 0 fully saturated rings. The van der Waals surface area contributed by atoms with Gasteiger partial charge in [0.1, 0.15) is 12.3 Å². The number of carbonyl (C=O) groups is 2. The van der Waals surface area contributed by atoms with E-state index in [9.17, 15) is 18.4 Å². The van der Waals surface area contributed by atoms with Crippen molar-refractivity contribution in [3.8, 4) is 5.75 Å². The first-order valence-corrected chi connectivity index (χ1v) is 6.94. The van der Waals surface area contributed by atoms with Gasteiger partial charge in [-0.15, -0.1) is 0 Å². The molecule has 0 unspecified atom stereocenters. The summed E-state index contributed by atoms with van der Waals surface area (Å²) in [7, 11) is 1.33. The summed E-state index contributed by atoms with van der Waals surface area (Å²) in [5.74, 6) is -7.02. The normalized spacial score (nSPS) is 11.1. The maximum Gasteiger partial charge on any atom is 0.353 e. The Morgan fingerprint density at radius 2 is 1.96 bits per heavy atom. The fraction of sp³-hybridized carbons (Fsp3) is 0.467. The van der Waals surface area contributed by atoms with Gasteiger partial charge in [-0.1, -0.05) is 12.1 Å². The van der Waals surface area contributed by atoms with Gasteiger partial charge in [-0.3, -0.25) is 9.59 Å². The maximum atomic E-state index is 14.6. The van der Waals surface area contributed by atoms with E-state index in [0.717, 1.165) is 6.07 Å². The number of benzene rings is 1. The molecule has 8 heteroatoms. The molecule has 0 saturated heterocycles. The van der Waals surface area contributed by atoms with Crippen LogP contribution in [0, 0.1) is 0 Å². The molecule has 1 aromatic carbocycles. The van der Waals surface area contributed by atoms with Crippen LogP contribution in [0.15, 0.2) is 24.3 Å². The summed E-state index contributed by atoms with van der Waals surface area (Å²) >= 11 is 0. The van der Waals surface area contributed by atoms with Crippen molar-refractivity contribution in [2.45, 2.75) is 12.8 Å². The Bertz CT molecular complexity index is 550. The third-order valence-corrected chi connectivity index (χ3v) is 2.97. The molecule has 0 atom stereocenters. The predicted octanol–water partition coefficient (Wildman–Crippen LogP) is 1.74. The Labute approximate surface area is 132 Å². The summed E-state index contributed by atoms with van der Waals surface area (Å²) in [4.78, 5) is 23.5. The minimum atomic E-state index is -3.91. The molecular weight excluding hydrogens is 312 g/mol. The van der Waals surface area contributed by atoms with Crippen LogP contribution >= 0.6 is 0 Å². The highest BCUT2D eigenvalue weighted by Crippen LogP contribution is 2.36. The Morgan fingerprint density at radius 3 is 2.52 bits per heavy atom. The number of ether oxygens (including phenoxy) is 2. The molecule has 0 saturated carbocycles. The molecular formula is C15H19F2NO5. The first-order valence-electron chi connectivity index (χ1n) is 6.94. The van der Waals surface area contributed by atoms with E-state index in [2.05, 4.69) is 0 Å². The molecule has 23 heavy (non-hydrogen) atoms. The van der Waals surface area contributed by atoms with Crippen molar-refractivity contribution in [2.75, 3.05) is 33.4 Å². The molecule has 1 rings (SSSR count). The Hall–Kier alpha value is -2.22. The molecule has 1 N–H and O–H groups in total. The molecule has 0 aliphatic carbocycles. The van der Waals surface area contributed by atoms with E-state index in [1.165, 1.54) is 25.3 Å². The van der Waals surface area contributed by atoms with Crippen molar-refractivity contribution in [2.24, 2.45) is 0 Å². The minimum Gasteiger partial charge on any atom is -0.493 e. The van der Waals surface area contributed by atoms with Crippen LogP contribution in [0.2, 0.25) is 0 Å². The van der Waals surface area contributed by atoms with E-state index in [1.54, 1.807) is 6.92 Å². The summed E-state index contributed by atoms with van der Waals surface area (Å²) in [5, 5.41) is 8.80. The van der Waals surface area contributed by atoms with Crippen LogP contribution < -0.4 is 4.74 Å². The highest BCUT2D eigenvalue weighted by molar-refractivity contribution is 5.88. The lowest BCUT2D eigenvalue weighted by atomic mass is 10.1. The van der Waals surface area contributed by atoms with E-state index < -0.39 is 29.9 Å². The quantitative estimate of drug-likeness (QED) is 0.746. The number of hydrogen-bond acceptors (Lipinski definition) is 4. The molecule has 0 bridgehead atoms. The van der Waals surface area contributed by atoms with Gasteiger partial charge in [0.25, 0.3) is 5.91 Å². The summed E-state index contributed by atoms with van der Waals surface area (Å²) < 4.78 is 39.0. The van der Waals surface area contributed by atoms with Crippen LogP contribution in [0.3, 0.4) is 0 Å². The number of hydrogen-bond donors (Lipinski definition) is 1. The molecule has 0 aliphatic rings. The zero-order valence-electron chi connectivity index (χ0n) is 12.9. The number of carbonyl (C=O) groups excluding carboxylic acids is 1. The number of halogens is 2. The van der Waals surface area contributed by atoms with Gasteiger partial charge >= 0.3 is 11.9 Å². The highest BCUT2D eigenvalue weighted by atomic mass is 19.3. The van der Waals surface area contributed by atoms with Crippen LogP contribution in [0.1, 0.15) is 12.5 Å². The second-order valence-corrected chi connectivity index (χ2v) is 4.62. The van der Waals surface area contributed by atoms with Gasteiger partial charge in [0, 0.05) is 13.7 Å². The number of rotatable bonds is 9. The van der Waals surface area contributed by atoms with Crippen molar-refractivity contribution >= 4 is 11.9 Å². The number of amides is 1. The lowest BCUT2D eigenvalue weighted by Gasteiger charge is -2.26. The zero-order chi connectivity index (χ0) is 17.5. The van der Waals surface area contributed by atoms with Gasteiger partial charge < -0.3 is 19.5 Å². The van der Waals surface area contributed by atoms with Crippen LogP contribution in [-0.2, 0) is 20.2 Å². The van der Waals surface area contributed by atoms with Gasteiger partial charge in [-0.05, 0) is 19.1 Å². The second kappa shape index (κ2) is 8.42. The standard InChI is InChI=1S/C15H19F2NO5/c1-3-23-12-7-5-4-6-11(12)15(16,17)14(21)18(8-9-22-2)10-13(19)20/h4-7H,3,8-10H2,1-2H3,(H,19,20). The number of carboxylic acids is 1. The number of alkyl halides is 2. The van der Waals surface area contributed by atoms with Gasteiger partial charge in [-0.2, -0.15) is 8.78 Å². The summed E-state index contributed by atoms with van der Waals surface area (Å²) in [6.45, 7) is 0.640. The molecule has 128 valence electrons. The molecule has 0 aliphatic heterocycles. The van der Waals surface area contributed by atoms with Gasteiger partial charge in [0.15, 0.2) is 0 Å². The first kappa shape index (κ1) is 18.8. The summed E-state index contributed by atoms with van der Waals surface area (Å²) in [5.41, 5.74) is -0.598. The smallest absolute Gasteiger partial charge is 0.353 e. The molecule has 1 amide bonds. The second-order valence-electron chi connectivity index (χ2n) is 4.62. The minimum absolute atomic E-state index is 0.0534. The molecule has 0 heterocycles. The van der Waals surface area contributed by atoms with Crippen LogP contribution in [0.25, 0.3) is 0 Å². The average molecular weight is 331 g/mol. The topological polar surface area (TPSA) is 76.1 Å². The maximum absolute atomic E-state index is 14.6. The highest BCUT2D eigenvalue weighted by Gasteiger charge is 2.46. The predicted molar refractivity (Wildman–Crippen MR) is 77.6 cm³/mol. The zero-order valence-corrected chi connectivity index (χ0v) is 12.9. The van der Waals surface area contributed by atoms with E-state index in [4.69, 9.17) is 14.6 Å². The van der Waals surface area contributed by atoms with Crippen molar-refractivity contribution in [3.05, 3.63) is 29.8 Å². The molecule has 1 aromatic rings. The van der Waals surface area contributed by atoms with Gasteiger partial charge in [-0.25, -0.2) is 0 Å². The van der Waals surface area contributed by atoms with E-state index >= 15 is 0 Å². The number of carboxylic acid groups (broad SMARTS) is 1. The Balaban J connectivity index is 3.12. The number of methoxy groups -OCH3 is 1. The van der Waals surface area contributed by atoms with Crippen molar-refractivity contribution in [1.29, 1.82) is 0 Å². The summed E-state index contributed by atoms with van der Waals surface area (Å²) in [6.07, 6.45) is 0. The third-order valence-electron chi connectivity index (χ3n) is 2.97. The lowest BCUT2D eigenvalue weighted by molar-refractivity contribution is -0.163. The first-order chi connectivity index (χ1) is 10.8. The summed E-state index contributed by atoms with van der Waals surface area (Å²) in [6, 6.07) is 5.28. The van der Waals surface area contributed by atoms with E-state index in [0.29, 0.717) is 4.90 Å². The van der Waals surface area contributed by atoms with Crippen molar-refractivity contribution in [1.82, 2.24) is 4.90 Å².